The highest BCUT2D eigenvalue weighted by molar-refractivity contribution is 8.68. The van der Waals surface area contributed by atoms with E-state index in [0.29, 0.717) is 33.0 Å². The van der Waals surface area contributed by atoms with Crippen molar-refractivity contribution in [1.82, 2.24) is 0 Å². The van der Waals surface area contributed by atoms with E-state index in [4.69, 9.17) is 39.8 Å². The van der Waals surface area contributed by atoms with E-state index in [1.54, 1.807) is 0 Å². The van der Waals surface area contributed by atoms with E-state index in [2.05, 4.69) is 0 Å². The Labute approximate surface area is 252 Å². The molecule has 0 aliphatic carbocycles. The van der Waals surface area contributed by atoms with Crippen LogP contribution in [0.4, 0.5) is 0 Å². The number of hydrogen-bond donors (Lipinski definition) is 1. The molecule has 3 aromatic rings. The van der Waals surface area contributed by atoms with E-state index in [0.717, 1.165) is 16.7 Å². The van der Waals surface area contributed by atoms with E-state index in [1.807, 2.05) is 105 Å². The first kappa shape index (κ1) is 32.3. The standard InChI is InChI=1S/C31H39O7PS2/c1-3-36-39(40,37-4-2)41-31-28(32)30(35-22-26-18-12-7-13-19-26)29(34-21-25-16-10-6-11-17-25)27(38-31)23-33-20-24-14-8-5-9-15-24/h5-19,27-32H,3-4,20-23H2,1-2H3/t27?,28-,29+,30?,31?/m0/s1. The van der Waals surface area contributed by atoms with Crippen molar-refractivity contribution in [2.24, 2.45) is 0 Å². The Morgan fingerprint density at radius 2 is 1.20 bits per heavy atom. The van der Waals surface area contributed by atoms with Crippen molar-refractivity contribution in [3.05, 3.63) is 108 Å². The SMILES string of the molecule is CCOP(=S)(OCC)SC1OC(COCc2ccccc2)[C@@H](OCc2ccccc2)C(OCc2ccccc2)[C@@H]1O. The highest BCUT2D eigenvalue weighted by Crippen LogP contribution is 2.64. The minimum Gasteiger partial charge on any atom is -0.387 e. The molecule has 0 spiro atoms. The third-order valence-corrected chi connectivity index (χ3v) is 11.8. The van der Waals surface area contributed by atoms with Gasteiger partial charge in [-0.15, -0.1) is 0 Å². The van der Waals surface area contributed by atoms with Crippen molar-refractivity contribution >= 4 is 28.9 Å². The number of benzene rings is 3. The fourth-order valence-corrected chi connectivity index (χ4v) is 9.69. The maximum Gasteiger partial charge on any atom is 0.249 e. The number of ether oxygens (including phenoxy) is 4. The smallest absolute Gasteiger partial charge is 0.249 e. The van der Waals surface area contributed by atoms with Crippen molar-refractivity contribution in [2.75, 3.05) is 19.8 Å². The minimum atomic E-state index is -2.78. The van der Waals surface area contributed by atoms with Gasteiger partial charge in [0.1, 0.15) is 29.9 Å². The molecule has 0 radical (unpaired) electrons. The lowest BCUT2D eigenvalue weighted by atomic mass is 9.99. The van der Waals surface area contributed by atoms with E-state index >= 15 is 0 Å². The molecule has 7 nitrogen and oxygen atoms in total. The molecular weight excluding hydrogens is 579 g/mol. The lowest BCUT2D eigenvalue weighted by Gasteiger charge is -2.45. The van der Waals surface area contributed by atoms with E-state index in [-0.39, 0.29) is 6.61 Å². The van der Waals surface area contributed by atoms with Crippen LogP contribution in [0.2, 0.25) is 0 Å². The Morgan fingerprint density at radius 1 is 0.732 bits per heavy atom. The largest absolute Gasteiger partial charge is 0.387 e. The molecule has 0 aromatic heterocycles. The molecule has 1 fully saturated rings. The maximum atomic E-state index is 11.7. The van der Waals surface area contributed by atoms with Crippen LogP contribution in [0, 0.1) is 0 Å². The Bertz CT molecular complexity index is 1180. The summed E-state index contributed by atoms with van der Waals surface area (Å²) in [6.45, 7) is 5.81. The van der Waals surface area contributed by atoms with Gasteiger partial charge in [0.05, 0.1) is 39.6 Å². The van der Waals surface area contributed by atoms with Crippen molar-refractivity contribution in [1.29, 1.82) is 0 Å². The summed E-state index contributed by atoms with van der Waals surface area (Å²) in [5.74, 6) is 0. The van der Waals surface area contributed by atoms with Crippen molar-refractivity contribution < 1.29 is 33.1 Å². The minimum absolute atomic E-state index is 0.232. The lowest BCUT2D eigenvalue weighted by molar-refractivity contribution is -0.242. The van der Waals surface area contributed by atoms with Crippen LogP contribution < -0.4 is 0 Å². The fourth-order valence-electron chi connectivity index (χ4n) is 4.45. The van der Waals surface area contributed by atoms with Gasteiger partial charge in [0, 0.05) is 0 Å². The molecule has 0 amide bonds. The third-order valence-electron chi connectivity index (χ3n) is 6.39. The molecule has 1 heterocycles. The zero-order valence-corrected chi connectivity index (χ0v) is 26.0. The number of rotatable bonds is 16. The summed E-state index contributed by atoms with van der Waals surface area (Å²) in [6, 6.07) is 29.7. The van der Waals surface area contributed by atoms with E-state index in [9.17, 15) is 5.11 Å². The summed E-state index contributed by atoms with van der Waals surface area (Å²) in [6.07, 6.45) is -2.94. The monoisotopic (exact) mass is 618 g/mol. The van der Waals surface area contributed by atoms with Crippen LogP contribution in [0.25, 0.3) is 0 Å². The molecule has 1 N–H and O–H groups in total. The van der Waals surface area contributed by atoms with Crippen LogP contribution >= 0.6 is 17.1 Å². The second-order valence-corrected chi connectivity index (χ2v) is 15.7. The van der Waals surface area contributed by atoms with Gasteiger partial charge >= 0.3 is 0 Å². The highest BCUT2D eigenvalue weighted by atomic mass is 32.9. The van der Waals surface area contributed by atoms with Crippen LogP contribution in [-0.2, 0) is 59.6 Å². The normalized spacial score (nSPS) is 23.0. The Balaban J connectivity index is 1.58. The maximum absolute atomic E-state index is 11.7. The molecule has 41 heavy (non-hydrogen) atoms. The van der Waals surface area contributed by atoms with Crippen LogP contribution in [-0.4, -0.2) is 54.8 Å². The van der Waals surface area contributed by atoms with Crippen molar-refractivity contribution in [2.45, 2.75) is 63.5 Å². The third kappa shape index (κ3) is 9.97. The van der Waals surface area contributed by atoms with Crippen molar-refractivity contribution in [3.63, 3.8) is 0 Å². The molecule has 5 atom stereocenters. The Hall–Kier alpha value is -1.62. The average molecular weight is 619 g/mol. The zero-order chi connectivity index (χ0) is 28.9. The molecular formula is C31H39O7PS2. The first-order valence-electron chi connectivity index (χ1n) is 13.8. The van der Waals surface area contributed by atoms with Gasteiger partial charge in [-0.05, 0) is 53.7 Å². The summed E-state index contributed by atoms with van der Waals surface area (Å²) < 4.78 is 37.2. The Morgan fingerprint density at radius 3 is 1.68 bits per heavy atom. The van der Waals surface area contributed by atoms with Crippen LogP contribution in [0.1, 0.15) is 30.5 Å². The van der Waals surface area contributed by atoms with Crippen LogP contribution in [0.15, 0.2) is 91.0 Å². The van der Waals surface area contributed by atoms with Gasteiger partial charge in [0.2, 0.25) is 5.69 Å². The first-order valence-corrected chi connectivity index (χ1v) is 18.0. The molecule has 222 valence electrons. The average Bonchev–Trinajstić information content (AvgIpc) is 2.99. The van der Waals surface area contributed by atoms with Gasteiger partial charge in [-0.2, -0.15) is 0 Å². The first-order chi connectivity index (χ1) is 20.0. The molecule has 1 aliphatic heterocycles. The number of hydrogen-bond acceptors (Lipinski definition) is 9. The Kier molecular flexibility index (Phi) is 13.3. The van der Waals surface area contributed by atoms with Gasteiger partial charge < -0.3 is 33.1 Å². The number of aliphatic hydroxyl groups excluding tert-OH is 1. The zero-order valence-electron chi connectivity index (χ0n) is 23.5. The van der Waals surface area contributed by atoms with Gasteiger partial charge in [0.25, 0.3) is 0 Å². The highest BCUT2D eigenvalue weighted by Gasteiger charge is 2.49. The van der Waals surface area contributed by atoms with Crippen LogP contribution in [0.5, 0.6) is 0 Å². The predicted molar refractivity (Wildman–Crippen MR) is 166 cm³/mol. The summed E-state index contributed by atoms with van der Waals surface area (Å²) in [4.78, 5) is 0. The van der Waals surface area contributed by atoms with Gasteiger partial charge in [-0.3, -0.25) is 0 Å². The lowest BCUT2D eigenvalue weighted by Crippen LogP contribution is -2.59. The molecule has 1 saturated heterocycles. The quantitative estimate of drug-likeness (QED) is 0.181. The molecule has 4 rings (SSSR count). The molecule has 10 heteroatoms. The van der Waals surface area contributed by atoms with Gasteiger partial charge in [-0.25, -0.2) is 0 Å². The van der Waals surface area contributed by atoms with Gasteiger partial charge in [-0.1, -0.05) is 91.0 Å². The molecule has 3 unspecified atom stereocenters. The fraction of sp³-hybridized carbons (Fsp3) is 0.419. The molecule has 3 aromatic carbocycles. The summed E-state index contributed by atoms with van der Waals surface area (Å²) >= 11 is 7.00. The van der Waals surface area contributed by atoms with Crippen LogP contribution in [0.3, 0.4) is 0 Å². The topological polar surface area (TPSA) is 75.6 Å². The summed E-state index contributed by atoms with van der Waals surface area (Å²) in [5, 5.41) is 11.7. The second-order valence-electron chi connectivity index (χ2n) is 9.44. The molecule has 1 aliphatic rings. The summed E-state index contributed by atoms with van der Waals surface area (Å²) in [7, 11) is 0. The molecule has 0 saturated carbocycles. The van der Waals surface area contributed by atoms with E-state index in [1.165, 1.54) is 11.4 Å². The molecule has 0 bridgehead atoms. The van der Waals surface area contributed by atoms with Gasteiger partial charge in [0.15, 0.2) is 0 Å². The predicted octanol–water partition coefficient (Wildman–Crippen LogP) is 6.49. The van der Waals surface area contributed by atoms with Crippen molar-refractivity contribution in [3.8, 4) is 0 Å². The second kappa shape index (κ2) is 16.9. The summed E-state index contributed by atoms with van der Waals surface area (Å²) in [5.41, 5.74) is -0.499. The number of aliphatic hydroxyl groups is 1. The van der Waals surface area contributed by atoms with E-state index < -0.39 is 35.5 Å².